The van der Waals surface area contributed by atoms with E-state index in [-0.39, 0.29) is 12.5 Å². The van der Waals surface area contributed by atoms with Crippen LogP contribution in [0.1, 0.15) is 29.3 Å². The zero-order valence-corrected chi connectivity index (χ0v) is 14.6. The number of furan rings is 1. The number of nitrogens with one attached hydrogen (secondary N) is 1. The summed E-state index contributed by atoms with van der Waals surface area (Å²) in [5.74, 6) is 1.25. The summed E-state index contributed by atoms with van der Waals surface area (Å²) in [4.78, 5) is 13.5. The summed E-state index contributed by atoms with van der Waals surface area (Å²) in [5.41, 5.74) is 0. The lowest BCUT2D eigenvalue weighted by molar-refractivity contribution is 0.0954. The van der Waals surface area contributed by atoms with Crippen molar-refractivity contribution >= 4 is 27.1 Å². The van der Waals surface area contributed by atoms with Crippen LogP contribution in [0, 0.1) is 6.92 Å². The number of rotatable bonds is 5. The Kier molecular flexibility index (Phi) is 4.49. The van der Waals surface area contributed by atoms with Crippen LogP contribution in [0.25, 0.3) is 10.6 Å². The Labute approximate surface area is 134 Å². The Morgan fingerprint density at radius 3 is 2.50 bits per heavy atom. The highest BCUT2D eigenvalue weighted by Crippen LogP contribution is 2.29. The van der Waals surface area contributed by atoms with Gasteiger partial charge in [0, 0.05) is 12.8 Å². The Morgan fingerprint density at radius 2 is 1.95 bits per heavy atom. The second kappa shape index (κ2) is 5.89. The zero-order chi connectivity index (χ0) is 16.5. The van der Waals surface area contributed by atoms with E-state index in [2.05, 4.69) is 5.32 Å². The smallest absolute Gasteiger partial charge is 0.261 e. The lowest BCUT2D eigenvalue weighted by Crippen LogP contribution is -2.43. The van der Waals surface area contributed by atoms with E-state index >= 15 is 0 Å². The summed E-state index contributed by atoms with van der Waals surface area (Å²) < 4.78 is 27.8. The molecule has 0 saturated carbocycles. The second-order valence-corrected chi connectivity index (χ2v) is 9.52. The van der Waals surface area contributed by atoms with Gasteiger partial charge in [0.15, 0.2) is 9.84 Å². The zero-order valence-electron chi connectivity index (χ0n) is 13.0. The molecule has 0 aliphatic rings. The third-order valence-corrected chi connectivity index (χ3v) is 6.74. The number of amides is 1. The van der Waals surface area contributed by atoms with E-state index in [0.29, 0.717) is 4.88 Å². The molecule has 0 fully saturated rings. The van der Waals surface area contributed by atoms with Crippen molar-refractivity contribution < 1.29 is 17.6 Å². The summed E-state index contributed by atoms with van der Waals surface area (Å²) >= 11 is 1.31. The lowest BCUT2D eigenvalue weighted by Gasteiger charge is -2.22. The van der Waals surface area contributed by atoms with Crippen molar-refractivity contribution in [2.75, 3.05) is 12.8 Å². The highest BCUT2D eigenvalue weighted by Gasteiger charge is 2.30. The number of carbonyl (C=O) groups excluding carboxylic acids is 1. The molecule has 2 aromatic rings. The number of hydrogen-bond donors (Lipinski definition) is 1. The van der Waals surface area contributed by atoms with Gasteiger partial charge in [-0.3, -0.25) is 4.79 Å². The molecule has 0 spiro atoms. The first-order chi connectivity index (χ1) is 10.1. The van der Waals surface area contributed by atoms with Crippen LogP contribution in [-0.2, 0) is 9.84 Å². The molecule has 0 saturated heterocycles. The third-order valence-electron chi connectivity index (χ3n) is 3.49. The monoisotopic (exact) mass is 341 g/mol. The molecule has 0 aliphatic carbocycles. The topological polar surface area (TPSA) is 76.4 Å². The molecular weight excluding hydrogens is 322 g/mol. The molecule has 0 radical (unpaired) electrons. The maximum Gasteiger partial charge on any atom is 0.261 e. The molecule has 120 valence electrons. The number of hydrogen-bond acceptors (Lipinski definition) is 5. The Balaban J connectivity index is 2.07. The fourth-order valence-corrected chi connectivity index (χ4v) is 2.89. The molecule has 2 rings (SSSR count). The van der Waals surface area contributed by atoms with Gasteiger partial charge in [0.1, 0.15) is 11.5 Å². The molecule has 5 nitrogen and oxygen atoms in total. The van der Waals surface area contributed by atoms with Gasteiger partial charge in [-0.25, -0.2) is 8.42 Å². The maximum absolute atomic E-state index is 12.1. The predicted molar refractivity (Wildman–Crippen MR) is 88.0 cm³/mol. The first kappa shape index (κ1) is 16.8. The number of sulfone groups is 1. The molecular formula is C15H19NO4S2. The van der Waals surface area contributed by atoms with Gasteiger partial charge in [0.25, 0.3) is 5.91 Å². The minimum atomic E-state index is -3.24. The standard InChI is InChI=1S/C15H19NO4S2/c1-10-5-6-11(20-10)12-7-8-13(21-12)14(17)16-9-15(2,3)22(4,18)19/h5-8H,9H2,1-4H3,(H,16,17). The first-order valence-corrected chi connectivity index (χ1v) is 9.45. The van der Waals surface area contributed by atoms with E-state index in [1.165, 1.54) is 17.6 Å². The molecule has 0 aromatic carbocycles. The van der Waals surface area contributed by atoms with Crippen molar-refractivity contribution in [1.29, 1.82) is 0 Å². The van der Waals surface area contributed by atoms with Gasteiger partial charge in [0.05, 0.1) is 14.5 Å². The van der Waals surface area contributed by atoms with Crippen LogP contribution < -0.4 is 5.32 Å². The van der Waals surface area contributed by atoms with Gasteiger partial charge >= 0.3 is 0 Å². The number of carbonyl (C=O) groups is 1. The fourth-order valence-electron chi connectivity index (χ4n) is 1.67. The second-order valence-electron chi connectivity index (χ2n) is 5.79. The van der Waals surface area contributed by atoms with Crippen molar-refractivity contribution in [2.24, 2.45) is 0 Å². The SMILES string of the molecule is Cc1ccc(-c2ccc(C(=O)NCC(C)(C)S(C)(=O)=O)s2)o1. The van der Waals surface area contributed by atoms with Gasteiger partial charge < -0.3 is 9.73 Å². The molecule has 0 aliphatic heterocycles. The van der Waals surface area contributed by atoms with E-state index in [1.807, 2.05) is 25.1 Å². The van der Waals surface area contributed by atoms with Gasteiger partial charge in [0.2, 0.25) is 0 Å². The molecule has 0 atom stereocenters. The molecule has 2 aromatic heterocycles. The van der Waals surface area contributed by atoms with Crippen LogP contribution in [0.2, 0.25) is 0 Å². The number of thiophene rings is 1. The predicted octanol–water partition coefficient (Wildman–Crippen LogP) is 2.87. The molecule has 1 N–H and O–H groups in total. The van der Waals surface area contributed by atoms with Crippen LogP contribution in [0.15, 0.2) is 28.7 Å². The van der Waals surface area contributed by atoms with Crippen molar-refractivity contribution in [2.45, 2.75) is 25.5 Å². The minimum Gasteiger partial charge on any atom is -0.461 e. The minimum absolute atomic E-state index is 0.0672. The summed E-state index contributed by atoms with van der Waals surface area (Å²) in [6.07, 6.45) is 1.17. The molecule has 1 amide bonds. The molecule has 0 bridgehead atoms. The van der Waals surface area contributed by atoms with Crippen LogP contribution in [-0.4, -0.2) is 31.9 Å². The van der Waals surface area contributed by atoms with E-state index < -0.39 is 14.6 Å². The van der Waals surface area contributed by atoms with Crippen LogP contribution >= 0.6 is 11.3 Å². The van der Waals surface area contributed by atoms with E-state index in [0.717, 1.165) is 16.4 Å². The Morgan fingerprint density at radius 1 is 1.27 bits per heavy atom. The van der Waals surface area contributed by atoms with E-state index in [1.54, 1.807) is 19.9 Å². The first-order valence-electron chi connectivity index (χ1n) is 6.74. The third kappa shape index (κ3) is 3.59. The van der Waals surface area contributed by atoms with Crippen molar-refractivity contribution in [1.82, 2.24) is 5.32 Å². The van der Waals surface area contributed by atoms with Gasteiger partial charge in [-0.2, -0.15) is 0 Å². The summed E-state index contributed by atoms with van der Waals surface area (Å²) in [6, 6.07) is 7.25. The average Bonchev–Trinajstić information content (AvgIpc) is 3.03. The highest BCUT2D eigenvalue weighted by molar-refractivity contribution is 7.92. The van der Waals surface area contributed by atoms with Gasteiger partial charge in [-0.05, 0) is 45.0 Å². The van der Waals surface area contributed by atoms with E-state index in [4.69, 9.17) is 4.42 Å². The maximum atomic E-state index is 12.1. The van der Waals surface area contributed by atoms with Crippen molar-refractivity contribution in [3.05, 3.63) is 34.9 Å². The van der Waals surface area contributed by atoms with Gasteiger partial charge in [-0.1, -0.05) is 0 Å². The van der Waals surface area contributed by atoms with Crippen LogP contribution in [0.4, 0.5) is 0 Å². The average molecular weight is 341 g/mol. The molecule has 7 heteroatoms. The Hall–Kier alpha value is -1.60. The van der Waals surface area contributed by atoms with Crippen molar-refractivity contribution in [3.8, 4) is 10.6 Å². The lowest BCUT2D eigenvalue weighted by atomic mass is 10.2. The van der Waals surface area contributed by atoms with Crippen LogP contribution in [0.3, 0.4) is 0 Å². The normalized spacial score (nSPS) is 12.4. The van der Waals surface area contributed by atoms with Crippen LogP contribution in [0.5, 0.6) is 0 Å². The quantitative estimate of drug-likeness (QED) is 0.907. The Bertz CT molecular complexity index is 784. The molecule has 2 heterocycles. The summed E-state index contributed by atoms with van der Waals surface area (Å²) in [5, 5.41) is 2.68. The fraction of sp³-hybridized carbons (Fsp3) is 0.400. The highest BCUT2D eigenvalue weighted by atomic mass is 32.2. The number of aryl methyl sites for hydroxylation is 1. The molecule has 0 unspecified atom stereocenters. The van der Waals surface area contributed by atoms with E-state index in [9.17, 15) is 13.2 Å². The largest absolute Gasteiger partial charge is 0.461 e. The molecule has 22 heavy (non-hydrogen) atoms. The summed E-state index contributed by atoms with van der Waals surface area (Å²) in [7, 11) is -3.24. The summed E-state index contributed by atoms with van der Waals surface area (Å²) in [6.45, 7) is 5.11. The van der Waals surface area contributed by atoms with Crippen molar-refractivity contribution in [3.63, 3.8) is 0 Å². The van der Waals surface area contributed by atoms with Gasteiger partial charge in [-0.15, -0.1) is 11.3 Å².